The molecule has 1 fully saturated rings. The summed E-state index contributed by atoms with van der Waals surface area (Å²) in [5.41, 5.74) is 1.03. The first-order valence-electron chi connectivity index (χ1n) is 12.8. The van der Waals surface area contributed by atoms with Gasteiger partial charge >= 0.3 is 11.8 Å². The standard InChI is InChI=1S/C26H39N3O8Si/c1-15(2)38(16(3)4,17(5)6)37-19-10-8-7-9-18(19)14-35-26(34)28-21-11-12-29(25(33)27-21)24-23(32)22(31)20(13-30)36-24/h7-12,15-17,20,22-24,30-32H,13-14H2,1-6H3,(H,27,28,33,34)/t20-,22-,23-,24-/m1/s1. The van der Waals surface area contributed by atoms with Crippen LogP contribution in [0.5, 0.6) is 5.75 Å². The molecule has 3 rings (SSSR count). The Kier molecular flexibility index (Phi) is 9.71. The normalized spacial score (nSPS) is 21.8. The fourth-order valence-corrected chi connectivity index (χ4v) is 10.6. The van der Waals surface area contributed by atoms with Crippen LogP contribution in [0.15, 0.2) is 41.3 Å². The van der Waals surface area contributed by atoms with Crippen molar-refractivity contribution in [3.63, 3.8) is 0 Å². The first kappa shape index (κ1) is 29.8. The van der Waals surface area contributed by atoms with Crippen LogP contribution in [0, 0.1) is 0 Å². The summed E-state index contributed by atoms with van der Waals surface area (Å²) in [5.74, 6) is 0.639. The number of nitrogens with one attached hydrogen (secondary N) is 1. The molecular weight excluding hydrogens is 510 g/mol. The molecule has 4 atom stereocenters. The van der Waals surface area contributed by atoms with Crippen molar-refractivity contribution in [1.29, 1.82) is 0 Å². The predicted octanol–water partition coefficient (Wildman–Crippen LogP) is 3.16. The van der Waals surface area contributed by atoms with Crippen LogP contribution >= 0.6 is 0 Å². The third kappa shape index (κ3) is 6.10. The van der Waals surface area contributed by atoms with E-state index in [9.17, 15) is 24.9 Å². The second-order valence-corrected chi connectivity index (χ2v) is 15.8. The van der Waals surface area contributed by atoms with E-state index in [2.05, 4.69) is 51.8 Å². The molecule has 0 aliphatic carbocycles. The van der Waals surface area contributed by atoms with Gasteiger partial charge in [0.05, 0.1) is 6.61 Å². The van der Waals surface area contributed by atoms with Crippen LogP contribution in [-0.4, -0.2) is 64.2 Å². The Morgan fingerprint density at radius 1 is 1.08 bits per heavy atom. The van der Waals surface area contributed by atoms with E-state index in [4.69, 9.17) is 13.9 Å². The van der Waals surface area contributed by atoms with Gasteiger partial charge in [-0.2, -0.15) is 4.98 Å². The number of rotatable bonds is 10. The summed E-state index contributed by atoms with van der Waals surface area (Å²) < 4.78 is 18.5. The molecule has 2 heterocycles. The topological polar surface area (TPSA) is 152 Å². The number of hydrogen-bond donors (Lipinski definition) is 4. The van der Waals surface area contributed by atoms with Crippen molar-refractivity contribution < 1.29 is 34.0 Å². The average Bonchev–Trinajstić information content (AvgIpc) is 3.14. The molecule has 0 radical (unpaired) electrons. The maximum absolute atomic E-state index is 12.5. The van der Waals surface area contributed by atoms with E-state index < -0.39 is 51.2 Å². The molecule has 210 valence electrons. The molecule has 0 bridgehead atoms. The Bertz CT molecular complexity index is 1130. The number of carbonyl (C=O) groups excluding carboxylic acids is 1. The number of amides is 1. The third-order valence-corrected chi connectivity index (χ3v) is 13.2. The second-order valence-electron chi connectivity index (χ2n) is 10.5. The summed E-state index contributed by atoms with van der Waals surface area (Å²) >= 11 is 0. The molecule has 1 saturated heterocycles. The Labute approximate surface area is 223 Å². The average molecular weight is 550 g/mol. The Morgan fingerprint density at radius 3 is 2.26 bits per heavy atom. The largest absolute Gasteiger partial charge is 0.542 e. The SMILES string of the molecule is CC(C)[Si](Oc1ccccc1COC(=O)Nc1ccn([C@@H]2O[C@H](CO)[C@@H](O)[C@H]2O)c(=O)n1)(C(C)C)C(C)C. The van der Waals surface area contributed by atoms with E-state index in [1.54, 1.807) is 0 Å². The van der Waals surface area contributed by atoms with E-state index in [0.717, 1.165) is 10.1 Å². The molecule has 0 saturated carbocycles. The van der Waals surface area contributed by atoms with E-state index >= 15 is 0 Å². The number of nitrogens with zero attached hydrogens (tertiary/aromatic N) is 2. The zero-order chi connectivity index (χ0) is 28.2. The molecule has 1 aromatic heterocycles. The van der Waals surface area contributed by atoms with E-state index in [1.807, 2.05) is 24.3 Å². The fraction of sp³-hybridized carbons (Fsp3) is 0.577. The summed E-state index contributed by atoms with van der Waals surface area (Å²) in [7, 11) is -2.22. The number of carbonyl (C=O) groups is 1. The fourth-order valence-electron chi connectivity index (χ4n) is 5.34. The second kappa shape index (κ2) is 12.4. The number of aromatic nitrogens is 2. The molecule has 38 heavy (non-hydrogen) atoms. The highest BCUT2D eigenvalue weighted by molar-refractivity contribution is 6.78. The zero-order valence-electron chi connectivity index (χ0n) is 22.7. The van der Waals surface area contributed by atoms with Crippen molar-refractivity contribution in [2.24, 2.45) is 0 Å². The summed E-state index contributed by atoms with van der Waals surface area (Å²) in [6, 6.07) is 8.83. The minimum atomic E-state index is -2.22. The number of ether oxygens (including phenoxy) is 2. The van der Waals surface area contributed by atoms with Gasteiger partial charge < -0.3 is 29.2 Å². The minimum Gasteiger partial charge on any atom is -0.542 e. The van der Waals surface area contributed by atoms with Crippen LogP contribution < -0.4 is 15.4 Å². The highest BCUT2D eigenvalue weighted by atomic mass is 28.4. The smallest absolute Gasteiger partial charge is 0.413 e. The lowest BCUT2D eigenvalue weighted by Gasteiger charge is -2.42. The summed E-state index contributed by atoms with van der Waals surface area (Å²) in [6.07, 6.45) is -4.58. The number of para-hydroxylation sites is 1. The van der Waals surface area contributed by atoms with Crippen molar-refractivity contribution >= 4 is 20.2 Å². The first-order valence-corrected chi connectivity index (χ1v) is 15.0. The van der Waals surface area contributed by atoms with Crippen molar-refractivity contribution in [2.75, 3.05) is 11.9 Å². The molecular formula is C26H39N3O8Si. The number of hydrogen-bond acceptors (Lipinski definition) is 9. The zero-order valence-corrected chi connectivity index (χ0v) is 23.7. The summed E-state index contributed by atoms with van der Waals surface area (Å²) in [4.78, 5) is 28.8. The van der Waals surface area contributed by atoms with Crippen LogP contribution in [0.3, 0.4) is 0 Å². The van der Waals surface area contributed by atoms with Crippen molar-refractivity contribution in [1.82, 2.24) is 9.55 Å². The minimum absolute atomic E-state index is 0.0413. The van der Waals surface area contributed by atoms with Gasteiger partial charge in [0.25, 0.3) is 8.32 Å². The molecule has 0 unspecified atom stereocenters. The molecule has 2 aromatic rings. The van der Waals surface area contributed by atoms with Crippen molar-refractivity contribution in [3.8, 4) is 5.75 Å². The van der Waals surface area contributed by atoms with E-state index in [0.29, 0.717) is 22.4 Å². The third-order valence-electron chi connectivity index (χ3n) is 7.18. The molecule has 1 aliphatic rings. The summed E-state index contributed by atoms with van der Waals surface area (Å²) in [5, 5.41) is 31.7. The lowest BCUT2D eigenvalue weighted by atomic mass is 10.1. The Morgan fingerprint density at radius 2 is 1.71 bits per heavy atom. The highest BCUT2D eigenvalue weighted by Crippen LogP contribution is 2.43. The van der Waals surface area contributed by atoms with Gasteiger partial charge in [0.15, 0.2) is 6.23 Å². The maximum atomic E-state index is 12.5. The van der Waals surface area contributed by atoms with Gasteiger partial charge in [-0.3, -0.25) is 9.88 Å². The van der Waals surface area contributed by atoms with Gasteiger partial charge in [-0.15, -0.1) is 0 Å². The number of aliphatic hydroxyl groups is 3. The van der Waals surface area contributed by atoms with E-state index in [1.165, 1.54) is 12.3 Å². The number of benzene rings is 1. The van der Waals surface area contributed by atoms with Gasteiger partial charge in [0.2, 0.25) is 0 Å². The quantitative estimate of drug-likeness (QED) is 0.327. The lowest BCUT2D eigenvalue weighted by molar-refractivity contribution is -0.0549. The maximum Gasteiger partial charge on any atom is 0.413 e. The van der Waals surface area contributed by atoms with E-state index in [-0.39, 0.29) is 12.4 Å². The monoisotopic (exact) mass is 549 g/mol. The molecule has 1 amide bonds. The van der Waals surface area contributed by atoms with Gasteiger partial charge in [0, 0.05) is 11.8 Å². The molecule has 1 aliphatic heterocycles. The van der Waals surface area contributed by atoms with Crippen LogP contribution in [-0.2, 0) is 16.1 Å². The molecule has 11 nitrogen and oxygen atoms in total. The first-order chi connectivity index (χ1) is 17.9. The number of anilines is 1. The number of aliphatic hydroxyl groups excluding tert-OH is 3. The molecule has 0 spiro atoms. The van der Waals surface area contributed by atoms with Gasteiger partial charge in [0.1, 0.15) is 36.5 Å². The lowest BCUT2D eigenvalue weighted by Crippen LogP contribution is -2.50. The van der Waals surface area contributed by atoms with Crippen LogP contribution in [0.25, 0.3) is 0 Å². The van der Waals surface area contributed by atoms with Gasteiger partial charge in [-0.1, -0.05) is 59.7 Å². The van der Waals surface area contributed by atoms with Gasteiger partial charge in [-0.05, 0) is 28.8 Å². The predicted molar refractivity (Wildman–Crippen MR) is 143 cm³/mol. The van der Waals surface area contributed by atoms with Crippen LogP contribution in [0.4, 0.5) is 10.6 Å². The molecule has 12 heteroatoms. The van der Waals surface area contributed by atoms with Crippen molar-refractivity contribution in [2.45, 2.75) is 89.3 Å². The van der Waals surface area contributed by atoms with Gasteiger partial charge in [-0.25, -0.2) is 9.59 Å². The highest BCUT2D eigenvalue weighted by Gasteiger charge is 2.47. The van der Waals surface area contributed by atoms with Crippen molar-refractivity contribution in [3.05, 3.63) is 52.6 Å². The Balaban J connectivity index is 1.68. The van der Waals surface area contributed by atoms with Crippen LogP contribution in [0.1, 0.15) is 53.3 Å². The molecule has 1 aromatic carbocycles. The van der Waals surface area contributed by atoms with Crippen LogP contribution in [0.2, 0.25) is 16.6 Å². The summed E-state index contributed by atoms with van der Waals surface area (Å²) in [6.45, 7) is 12.6. The Hall–Kier alpha value is -2.77. The molecule has 4 N–H and O–H groups in total.